The molecule has 0 saturated heterocycles. The van der Waals surface area contributed by atoms with E-state index < -0.39 is 5.91 Å². The van der Waals surface area contributed by atoms with Gasteiger partial charge in [0, 0.05) is 11.4 Å². The SMILES string of the molecule is O=C1Cc2cc(NC(=O)c3cc(-c4ccco4)nc4onc(-c5ccco5)c34)ccc2N1. The van der Waals surface area contributed by atoms with Crippen molar-refractivity contribution in [3.63, 3.8) is 0 Å². The number of carbonyl (C=O) groups is 2. The lowest BCUT2D eigenvalue weighted by molar-refractivity contribution is -0.115. The molecule has 0 atom stereocenters. The molecular weight excluding hydrogens is 412 g/mol. The van der Waals surface area contributed by atoms with Crippen molar-refractivity contribution in [2.24, 2.45) is 0 Å². The highest BCUT2D eigenvalue weighted by Gasteiger charge is 2.24. The van der Waals surface area contributed by atoms with Crippen molar-refractivity contribution < 1.29 is 22.9 Å². The third kappa shape index (κ3) is 2.95. The van der Waals surface area contributed by atoms with Crippen LogP contribution in [0.1, 0.15) is 15.9 Å². The maximum atomic E-state index is 13.4. The zero-order valence-corrected chi connectivity index (χ0v) is 16.4. The molecule has 32 heavy (non-hydrogen) atoms. The minimum atomic E-state index is -0.390. The fraction of sp³-hybridized carbons (Fsp3) is 0.0435. The molecule has 1 aliphatic heterocycles. The van der Waals surface area contributed by atoms with Crippen LogP contribution >= 0.6 is 0 Å². The summed E-state index contributed by atoms with van der Waals surface area (Å²) in [4.78, 5) is 29.5. The van der Waals surface area contributed by atoms with E-state index in [0.717, 1.165) is 11.3 Å². The van der Waals surface area contributed by atoms with Crippen molar-refractivity contribution in [3.8, 4) is 22.9 Å². The predicted octanol–water partition coefficient (Wildman–Crippen LogP) is 4.49. The van der Waals surface area contributed by atoms with Gasteiger partial charge in [-0.05, 0) is 54.1 Å². The number of fused-ring (bicyclic) bond motifs is 2. The van der Waals surface area contributed by atoms with Crippen LogP contribution in [0.25, 0.3) is 34.0 Å². The summed E-state index contributed by atoms with van der Waals surface area (Å²) in [5.74, 6) is 0.472. The molecule has 0 aliphatic carbocycles. The Bertz CT molecular complexity index is 1480. The Kier molecular flexibility index (Phi) is 3.94. The molecule has 9 heteroatoms. The minimum Gasteiger partial charge on any atom is -0.463 e. The Labute approximate surface area is 180 Å². The molecule has 0 bridgehead atoms. The lowest BCUT2D eigenvalue weighted by Gasteiger charge is -2.09. The van der Waals surface area contributed by atoms with Crippen LogP contribution in [-0.2, 0) is 11.2 Å². The van der Waals surface area contributed by atoms with Crippen LogP contribution in [0.5, 0.6) is 0 Å². The van der Waals surface area contributed by atoms with Crippen LogP contribution in [0.3, 0.4) is 0 Å². The molecule has 5 heterocycles. The van der Waals surface area contributed by atoms with Gasteiger partial charge in [-0.3, -0.25) is 9.59 Å². The molecule has 0 unspecified atom stereocenters. The number of nitrogens with one attached hydrogen (secondary N) is 2. The van der Waals surface area contributed by atoms with Gasteiger partial charge in [0.15, 0.2) is 17.2 Å². The van der Waals surface area contributed by atoms with Crippen LogP contribution < -0.4 is 10.6 Å². The van der Waals surface area contributed by atoms with Gasteiger partial charge >= 0.3 is 0 Å². The average Bonchev–Trinajstić information content (AvgIpc) is 3.58. The van der Waals surface area contributed by atoms with Gasteiger partial charge in [0.2, 0.25) is 5.91 Å². The second-order valence-corrected chi connectivity index (χ2v) is 7.27. The molecule has 0 spiro atoms. The number of anilines is 2. The monoisotopic (exact) mass is 426 g/mol. The number of hydrogen-bond donors (Lipinski definition) is 2. The lowest BCUT2D eigenvalue weighted by Crippen LogP contribution is -2.13. The summed E-state index contributed by atoms with van der Waals surface area (Å²) in [6, 6.07) is 13.8. The molecule has 0 saturated carbocycles. The molecule has 0 fully saturated rings. The highest BCUT2D eigenvalue weighted by atomic mass is 16.5. The molecule has 4 aromatic heterocycles. The summed E-state index contributed by atoms with van der Waals surface area (Å²) >= 11 is 0. The lowest BCUT2D eigenvalue weighted by atomic mass is 10.1. The van der Waals surface area contributed by atoms with Gasteiger partial charge in [0.05, 0.1) is 29.9 Å². The number of hydrogen-bond acceptors (Lipinski definition) is 7. The van der Waals surface area contributed by atoms with Crippen LogP contribution in [0.2, 0.25) is 0 Å². The first-order chi connectivity index (χ1) is 15.7. The largest absolute Gasteiger partial charge is 0.463 e. The fourth-order valence-corrected chi connectivity index (χ4v) is 3.77. The molecule has 156 valence electrons. The molecule has 5 aromatic rings. The number of furan rings is 2. The van der Waals surface area contributed by atoms with Crippen molar-refractivity contribution in [2.45, 2.75) is 6.42 Å². The van der Waals surface area contributed by atoms with E-state index >= 15 is 0 Å². The summed E-state index contributed by atoms with van der Waals surface area (Å²) in [6.45, 7) is 0. The van der Waals surface area contributed by atoms with E-state index in [-0.39, 0.29) is 18.0 Å². The standard InChI is InChI=1S/C23H14N4O5/c28-19-10-12-9-13(5-6-15(12)25-19)24-22(29)14-11-16(17-3-1-7-30-17)26-23-20(14)21(27-32-23)18-4-2-8-31-18/h1-9,11H,10H2,(H,24,29)(H,25,28). The van der Waals surface area contributed by atoms with Crippen LogP contribution in [0.4, 0.5) is 11.4 Å². The van der Waals surface area contributed by atoms with Gasteiger partial charge < -0.3 is 24.0 Å². The van der Waals surface area contributed by atoms with Crippen molar-refractivity contribution in [1.82, 2.24) is 10.1 Å². The van der Waals surface area contributed by atoms with Gasteiger partial charge in [0.25, 0.3) is 11.6 Å². The van der Waals surface area contributed by atoms with Gasteiger partial charge in [0.1, 0.15) is 5.69 Å². The third-order valence-electron chi connectivity index (χ3n) is 5.21. The normalized spacial score (nSPS) is 12.7. The molecule has 2 N–H and O–H groups in total. The summed E-state index contributed by atoms with van der Waals surface area (Å²) in [5, 5.41) is 10.2. The molecular formula is C23H14N4O5. The molecule has 1 aromatic carbocycles. The van der Waals surface area contributed by atoms with Gasteiger partial charge in [-0.15, -0.1) is 0 Å². The molecule has 2 amide bonds. The Morgan fingerprint density at radius 2 is 1.84 bits per heavy atom. The quantitative estimate of drug-likeness (QED) is 0.434. The van der Waals surface area contributed by atoms with E-state index in [1.807, 2.05) is 0 Å². The number of benzene rings is 1. The first-order valence-electron chi connectivity index (χ1n) is 9.78. The number of nitrogens with zero attached hydrogens (tertiary/aromatic N) is 2. The molecule has 9 nitrogen and oxygen atoms in total. The van der Waals surface area contributed by atoms with Crippen molar-refractivity contribution >= 4 is 34.3 Å². The van der Waals surface area contributed by atoms with Crippen LogP contribution in [0, 0.1) is 0 Å². The van der Waals surface area contributed by atoms with E-state index in [4.69, 9.17) is 13.4 Å². The molecule has 0 radical (unpaired) electrons. The Balaban J connectivity index is 1.46. The van der Waals surface area contributed by atoms with E-state index in [1.54, 1.807) is 48.5 Å². The Hall–Kier alpha value is -4.66. The number of amides is 2. The molecule has 6 rings (SSSR count). The maximum Gasteiger partial charge on any atom is 0.259 e. The first-order valence-corrected chi connectivity index (χ1v) is 9.78. The van der Waals surface area contributed by atoms with Gasteiger partial charge in [-0.1, -0.05) is 5.16 Å². The highest BCUT2D eigenvalue weighted by Crippen LogP contribution is 2.34. The van der Waals surface area contributed by atoms with E-state index in [0.29, 0.717) is 39.5 Å². The Morgan fingerprint density at radius 3 is 2.62 bits per heavy atom. The smallest absolute Gasteiger partial charge is 0.259 e. The second kappa shape index (κ2) is 6.95. The maximum absolute atomic E-state index is 13.4. The number of carbonyl (C=O) groups excluding carboxylic acids is 2. The average molecular weight is 426 g/mol. The number of rotatable bonds is 4. The van der Waals surface area contributed by atoms with Crippen molar-refractivity contribution in [3.05, 3.63) is 72.2 Å². The second-order valence-electron chi connectivity index (χ2n) is 7.27. The van der Waals surface area contributed by atoms with Crippen molar-refractivity contribution in [1.29, 1.82) is 0 Å². The zero-order valence-electron chi connectivity index (χ0n) is 16.4. The van der Waals surface area contributed by atoms with Crippen LogP contribution in [0.15, 0.2) is 74.4 Å². The Morgan fingerprint density at radius 1 is 1.03 bits per heavy atom. The molecule has 1 aliphatic rings. The fourth-order valence-electron chi connectivity index (χ4n) is 3.77. The van der Waals surface area contributed by atoms with E-state index in [2.05, 4.69) is 20.8 Å². The topological polar surface area (TPSA) is 123 Å². The summed E-state index contributed by atoms with van der Waals surface area (Å²) < 4.78 is 16.3. The summed E-state index contributed by atoms with van der Waals surface area (Å²) in [7, 11) is 0. The van der Waals surface area contributed by atoms with Crippen molar-refractivity contribution in [2.75, 3.05) is 10.6 Å². The highest BCUT2D eigenvalue weighted by molar-refractivity contribution is 6.15. The van der Waals surface area contributed by atoms with E-state index in [9.17, 15) is 9.59 Å². The number of pyridine rings is 1. The van der Waals surface area contributed by atoms with Gasteiger partial charge in [-0.2, -0.15) is 0 Å². The summed E-state index contributed by atoms with van der Waals surface area (Å²) in [5.41, 5.74) is 3.41. The third-order valence-corrected chi connectivity index (χ3v) is 5.21. The number of aromatic nitrogens is 2. The van der Waals surface area contributed by atoms with Crippen LogP contribution in [-0.4, -0.2) is 22.0 Å². The van der Waals surface area contributed by atoms with Gasteiger partial charge in [-0.25, -0.2) is 4.98 Å². The summed E-state index contributed by atoms with van der Waals surface area (Å²) in [6.07, 6.45) is 3.31. The van der Waals surface area contributed by atoms with E-state index in [1.165, 1.54) is 12.5 Å². The predicted molar refractivity (Wildman–Crippen MR) is 114 cm³/mol. The minimum absolute atomic E-state index is 0.0741. The first kappa shape index (κ1) is 18.1. The zero-order chi connectivity index (χ0) is 21.7.